The van der Waals surface area contributed by atoms with Crippen molar-refractivity contribution in [3.05, 3.63) is 22.7 Å². The summed E-state index contributed by atoms with van der Waals surface area (Å²) >= 11 is 0. The van der Waals surface area contributed by atoms with Crippen molar-refractivity contribution in [2.24, 2.45) is 0 Å². The topological polar surface area (TPSA) is 82.2 Å². The molecule has 1 aromatic rings. The van der Waals surface area contributed by atoms with E-state index in [1.54, 1.807) is 12.3 Å². The molecule has 2 heterocycles. The summed E-state index contributed by atoms with van der Waals surface area (Å²) in [5, 5.41) is 0. The van der Waals surface area contributed by atoms with E-state index in [4.69, 9.17) is 10.6 Å². The maximum atomic E-state index is 11.3. The summed E-state index contributed by atoms with van der Waals surface area (Å²) < 4.78 is 1.41. The van der Waals surface area contributed by atoms with Crippen LogP contribution in [0.15, 0.2) is 17.1 Å². The lowest BCUT2D eigenvalue weighted by Crippen LogP contribution is -2.27. The molecule has 1 atom stereocenters. The number of anilines is 1. The summed E-state index contributed by atoms with van der Waals surface area (Å²) in [5.41, 5.74) is 7.66. The van der Waals surface area contributed by atoms with Gasteiger partial charge in [-0.2, -0.15) is 10.5 Å². The molecule has 13 heavy (non-hydrogen) atoms. The predicted octanol–water partition coefficient (Wildman–Crippen LogP) is -0.751. The number of rotatable bonds is 1. The molecule has 1 fully saturated rings. The van der Waals surface area contributed by atoms with Gasteiger partial charge in [-0.05, 0) is 6.07 Å². The van der Waals surface area contributed by atoms with Crippen molar-refractivity contribution in [2.75, 3.05) is 12.3 Å². The summed E-state index contributed by atoms with van der Waals surface area (Å²) in [4.78, 5) is 20.0. The van der Waals surface area contributed by atoms with Crippen LogP contribution in [0.4, 0.5) is 5.82 Å². The molecule has 0 radical (unpaired) electrons. The van der Waals surface area contributed by atoms with Crippen molar-refractivity contribution in [1.29, 1.82) is 0 Å². The molecule has 2 rings (SSSR count). The third-order valence-corrected chi connectivity index (χ3v) is 1.87. The SMILES string of the molecule is Nc1ccn([C@@H]2CCNO2)c(=O)n1. The van der Waals surface area contributed by atoms with Crippen LogP contribution in [0.5, 0.6) is 0 Å². The minimum atomic E-state index is -0.381. The Balaban J connectivity index is 2.34. The lowest BCUT2D eigenvalue weighted by Gasteiger charge is -2.10. The third-order valence-electron chi connectivity index (χ3n) is 1.87. The Morgan fingerprint density at radius 3 is 3.23 bits per heavy atom. The van der Waals surface area contributed by atoms with E-state index in [-0.39, 0.29) is 17.7 Å². The maximum Gasteiger partial charge on any atom is 0.351 e. The van der Waals surface area contributed by atoms with Crippen molar-refractivity contribution in [1.82, 2.24) is 15.0 Å². The van der Waals surface area contributed by atoms with Gasteiger partial charge in [-0.1, -0.05) is 0 Å². The number of nitrogens with zero attached hydrogens (tertiary/aromatic N) is 2. The minimum Gasteiger partial charge on any atom is -0.383 e. The highest BCUT2D eigenvalue weighted by atomic mass is 16.7. The van der Waals surface area contributed by atoms with Crippen LogP contribution in [0.3, 0.4) is 0 Å². The van der Waals surface area contributed by atoms with E-state index >= 15 is 0 Å². The van der Waals surface area contributed by atoms with Crippen molar-refractivity contribution in [2.45, 2.75) is 12.6 Å². The smallest absolute Gasteiger partial charge is 0.351 e. The molecule has 0 amide bonds. The first-order valence-electron chi connectivity index (χ1n) is 4.00. The zero-order chi connectivity index (χ0) is 9.26. The first-order chi connectivity index (χ1) is 6.27. The molecule has 0 aliphatic carbocycles. The normalized spacial score (nSPS) is 22.0. The molecule has 0 unspecified atom stereocenters. The first kappa shape index (κ1) is 8.21. The molecular formula is C7H10N4O2. The van der Waals surface area contributed by atoms with Crippen molar-refractivity contribution >= 4 is 5.82 Å². The second kappa shape index (κ2) is 3.15. The fraction of sp³-hybridized carbons (Fsp3) is 0.429. The summed E-state index contributed by atoms with van der Waals surface area (Å²) in [6, 6.07) is 1.57. The molecule has 0 saturated carbocycles. The van der Waals surface area contributed by atoms with Crippen LogP contribution in [0.1, 0.15) is 12.6 Å². The van der Waals surface area contributed by atoms with E-state index in [1.807, 2.05) is 0 Å². The molecule has 1 aromatic heterocycles. The minimum absolute atomic E-state index is 0.229. The van der Waals surface area contributed by atoms with Gasteiger partial charge in [0, 0.05) is 19.2 Å². The second-order valence-corrected chi connectivity index (χ2v) is 2.80. The molecule has 0 spiro atoms. The average molecular weight is 182 g/mol. The van der Waals surface area contributed by atoms with E-state index < -0.39 is 0 Å². The van der Waals surface area contributed by atoms with Gasteiger partial charge < -0.3 is 5.73 Å². The number of aromatic nitrogens is 2. The predicted molar refractivity (Wildman–Crippen MR) is 45.7 cm³/mol. The number of hydrogen-bond donors (Lipinski definition) is 2. The maximum absolute atomic E-state index is 11.3. The quantitative estimate of drug-likeness (QED) is 0.597. The van der Waals surface area contributed by atoms with Gasteiger partial charge in [0.05, 0.1) is 0 Å². The summed E-state index contributed by atoms with van der Waals surface area (Å²) in [6.45, 7) is 0.738. The molecule has 3 N–H and O–H groups in total. The Bertz CT molecular complexity index is 356. The number of hydroxylamine groups is 1. The van der Waals surface area contributed by atoms with Gasteiger partial charge in [0.15, 0.2) is 6.23 Å². The molecule has 1 aliphatic rings. The highest BCUT2D eigenvalue weighted by molar-refractivity contribution is 5.23. The Morgan fingerprint density at radius 2 is 2.62 bits per heavy atom. The van der Waals surface area contributed by atoms with Crippen LogP contribution in [0.25, 0.3) is 0 Å². The Kier molecular flexibility index (Phi) is 1.99. The fourth-order valence-electron chi connectivity index (χ4n) is 1.24. The van der Waals surface area contributed by atoms with Gasteiger partial charge in [0.1, 0.15) is 5.82 Å². The highest BCUT2D eigenvalue weighted by Crippen LogP contribution is 2.13. The summed E-state index contributed by atoms with van der Waals surface area (Å²) in [7, 11) is 0. The number of nitrogens with one attached hydrogen (secondary N) is 1. The van der Waals surface area contributed by atoms with Crippen LogP contribution in [-0.4, -0.2) is 16.1 Å². The number of hydrogen-bond acceptors (Lipinski definition) is 5. The first-order valence-corrected chi connectivity index (χ1v) is 4.00. The summed E-state index contributed by atoms with van der Waals surface area (Å²) in [5.74, 6) is 0.229. The van der Waals surface area contributed by atoms with Crippen LogP contribution in [0, 0.1) is 0 Å². The van der Waals surface area contributed by atoms with E-state index in [1.165, 1.54) is 4.57 Å². The van der Waals surface area contributed by atoms with Crippen LogP contribution < -0.4 is 16.9 Å². The number of nitrogens with two attached hydrogens (primary N) is 1. The molecule has 6 nitrogen and oxygen atoms in total. The molecule has 0 bridgehead atoms. The molecule has 1 saturated heterocycles. The monoisotopic (exact) mass is 182 g/mol. The van der Waals surface area contributed by atoms with Crippen LogP contribution >= 0.6 is 0 Å². The zero-order valence-corrected chi connectivity index (χ0v) is 6.93. The van der Waals surface area contributed by atoms with Crippen molar-refractivity contribution < 1.29 is 4.84 Å². The Hall–Kier alpha value is -1.40. The molecule has 1 aliphatic heterocycles. The van der Waals surface area contributed by atoms with Gasteiger partial charge in [0.25, 0.3) is 0 Å². The van der Waals surface area contributed by atoms with Gasteiger partial charge in [-0.25, -0.2) is 4.79 Å². The lowest BCUT2D eigenvalue weighted by molar-refractivity contribution is -0.0119. The van der Waals surface area contributed by atoms with Gasteiger partial charge in [-0.15, -0.1) is 0 Å². The highest BCUT2D eigenvalue weighted by Gasteiger charge is 2.18. The van der Waals surface area contributed by atoms with E-state index in [9.17, 15) is 4.79 Å². The zero-order valence-electron chi connectivity index (χ0n) is 6.93. The largest absolute Gasteiger partial charge is 0.383 e. The van der Waals surface area contributed by atoms with Crippen LogP contribution in [0.2, 0.25) is 0 Å². The van der Waals surface area contributed by atoms with Gasteiger partial charge >= 0.3 is 5.69 Å². The third kappa shape index (κ3) is 1.53. The lowest BCUT2D eigenvalue weighted by atomic mass is 10.4. The Morgan fingerprint density at radius 1 is 1.77 bits per heavy atom. The molecular weight excluding hydrogens is 172 g/mol. The summed E-state index contributed by atoms with van der Waals surface area (Å²) in [6.07, 6.45) is 2.08. The van der Waals surface area contributed by atoms with E-state index in [0.717, 1.165) is 13.0 Å². The standard InChI is InChI=1S/C7H10N4O2/c8-5-2-4-11(7(12)10-5)6-1-3-9-13-6/h2,4,6,9H,1,3H2,(H2,8,10,12)/t6-/m0/s1. The second-order valence-electron chi connectivity index (χ2n) is 2.80. The van der Waals surface area contributed by atoms with E-state index in [0.29, 0.717) is 0 Å². The molecule has 0 aromatic carbocycles. The van der Waals surface area contributed by atoms with Crippen molar-refractivity contribution in [3.8, 4) is 0 Å². The van der Waals surface area contributed by atoms with Crippen LogP contribution in [-0.2, 0) is 4.84 Å². The Labute approximate surface area is 74.3 Å². The van der Waals surface area contributed by atoms with Gasteiger partial charge in [0.2, 0.25) is 0 Å². The van der Waals surface area contributed by atoms with E-state index in [2.05, 4.69) is 10.5 Å². The van der Waals surface area contributed by atoms with Gasteiger partial charge in [-0.3, -0.25) is 9.40 Å². The van der Waals surface area contributed by atoms with Crippen molar-refractivity contribution in [3.63, 3.8) is 0 Å². The molecule has 70 valence electrons. The average Bonchev–Trinajstić information content (AvgIpc) is 2.56. The number of nitrogen functional groups attached to an aromatic ring is 1. The fourth-order valence-corrected chi connectivity index (χ4v) is 1.24. The molecule has 6 heteroatoms.